The number of benzene rings is 1. The minimum atomic E-state index is -1.13. The van der Waals surface area contributed by atoms with Gasteiger partial charge in [-0.25, -0.2) is 9.59 Å². The second-order valence-corrected chi connectivity index (χ2v) is 5.35. The van der Waals surface area contributed by atoms with Gasteiger partial charge in [0.2, 0.25) is 0 Å². The predicted octanol–water partition coefficient (Wildman–Crippen LogP) is 4.35. The highest BCUT2D eigenvalue weighted by Crippen LogP contribution is 2.32. The molecule has 0 unspecified atom stereocenters. The van der Waals surface area contributed by atoms with Gasteiger partial charge in [-0.1, -0.05) is 37.0 Å². The molecule has 7 heteroatoms. The molecule has 0 spiro atoms. The molecule has 0 saturated heterocycles. The van der Waals surface area contributed by atoms with Gasteiger partial charge < -0.3 is 15.3 Å². The van der Waals surface area contributed by atoms with Gasteiger partial charge >= 0.3 is 12.0 Å². The maximum absolute atomic E-state index is 12.2. The Hall–Kier alpha value is -1.46. The topological polar surface area (TPSA) is 69.6 Å². The number of halogens is 2. The number of hydrogen-bond donors (Lipinski definition) is 2. The summed E-state index contributed by atoms with van der Waals surface area (Å²) in [6, 6.07) is 2.22. The van der Waals surface area contributed by atoms with E-state index in [0.29, 0.717) is 13.1 Å². The molecule has 1 aromatic rings. The van der Waals surface area contributed by atoms with Crippen LogP contribution in [0.1, 0.15) is 37.0 Å². The molecule has 2 amide bonds. The average Bonchev–Trinajstić information content (AvgIpc) is 2.42. The molecule has 0 aliphatic rings. The van der Waals surface area contributed by atoms with E-state index < -0.39 is 5.97 Å². The van der Waals surface area contributed by atoms with Gasteiger partial charge in [-0.2, -0.15) is 0 Å². The number of anilines is 1. The van der Waals surface area contributed by atoms with Gasteiger partial charge in [0.05, 0.1) is 21.3 Å². The molecule has 2 N–H and O–H groups in total. The summed E-state index contributed by atoms with van der Waals surface area (Å²) >= 11 is 12.0. The number of hydrogen-bond acceptors (Lipinski definition) is 2. The van der Waals surface area contributed by atoms with Crippen molar-refractivity contribution in [1.29, 1.82) is 0 Å². The zero-order chi connectivity index (χ0) is 16.0. The van der Waals surface area contributed by atoms with Crippen LogP contribution >= 0.6 is 23.2 Å². The van der Waals surface area contributed by atoms with Crippen LogP contribution in [0.5, 0.6) is 0 Å². The average molecular weight is 333 g/mol. The summed E-state index contributed by atoms with van der Waals surface area (Å²) in [5, 5.41) is 11.8. The van der Waals surface area contributed by atoms with E-state index in [-0.39, 0.29) is 27.3 Å². The van der Waals surface area contributed by atoms with Gasteiger partial charge in [-0.15, -0.1) is 0 Å². The fourth-order valence-electron chi connectivity index (χ4n) is 1.86. The Morgan fingerprint density at radius 2 is 1.62 bits per heavy atom. The maximum atomic E-state index is 12.2. The first-order valence-electron chi connectivity index (χ1n) is 6.68. The summed E-state index contributed by atoms with van der Waals surface area (Å²) in [7, 11) is 0. The van der Waals surface area contributed by atoms with Crippen molar-refractivity contribution in [1.82, 2.24) is 4.90 Å². The molecule has 1 rings (SSSR count). The first-order valence-corrected chi connectivity index (χ1v) is 7.44. The van der Waals surface area contributed by atoms with E-state index in [2.05, 4.69) is 5.32 Å². The van der Waals surface area contributed by atoms with Crippen molar-refractivity contribution in [3.8, 4) is 0 Å². The first-order chi connectivity index (χ1) is 9.90. The number of nitrogens with zero attached hydrogens (tertiary/aromatic N) is 1. The number of carbonyl (C=O) groups excluding carboxylic acids is 1. The Morgan fingerprint density at radius 3 is 2.00 bits per heavy atom. The minimum Gasteiger partial charge on any atom is -0.478 e. The Morgan fingerprint density at radius 1 is 1.14 bits per heavy atom. The molecule has 1 aromatic carbocycles. The van der Waals surface area contributed by atoms with Crippen LogP contribution in [0.3, 0.4) is 0 Å². The number of nitrogens with one attached hydrogen (secondary N) is 1. The van der Waals surface area contributed by atoms with Crippen molar-refractivity contribution in [2.24, 2.45) is 0 Å². The van der Waals surface area contributed by atoms with Gasteiger partial charge in [0.1, 0.15) is 0 Å². The molecule has 116 valence electrons. The van der Waals surface area contributed by atoms with Crippen molar-refractivity contribution < 1.29 is 14.7 Å². The normalized spacial score (nSPS) is 10.3. The number of amides is 2. The summed E-state index contributed by atoms with van der Waals surface area (Å²) in [6.07, 6.45) is 1.68. The van der Waals surface area contributed by atoms with Crippen LogP contribution in [-0.4, -0.2) is 35.1 Å². The molecule has 5 nitrogen and oxygen atoms in total. The van der Waals surface area contributed by atoms with E-state index in [1.165, 1.54) is 12.1 Å². The second kappa shape index (κ2) is 8.10. The smallest absolute Gasteiger partial charge is 0.335 e. The lowest BCUT2D eigenvalue weighted by atomic mass is 10.2. The lowest BCUT2D eigenvalue weighted by molar-refractivity contribution is 0.0697. The van der Waals surface area contributed by atoms with E-state index in [4.69, 9.17) is 28.3 Å². The van der Waals surface area contributed by atoms with E-state index in [1.807, 2.05) is 13.8 Å². The fraction of sp³-hybridized carbons (Fsp3) is 0.429. The molecule has 0 radical (unpaired) electrons. The minimum absolute atomic E-state index is 0.0260. The summed E-state index contributed by atoms with van der Waals surface area (Å²) in [5.74, 6) is -1.13. The van der Waals surface area contributed by atoms with Crippen molar-refractivity contribution in [2.45, 2.75) is 26.7 Å². The summed E-state index contributed by atoms with van der Waals surface area (Å²) in [6.45, 7) is 5.22. The fourth-order valence-corrected chi connectivity index (χ4v) is 2.44. The van der Waals surface area contributed by atoms with Gasteiger partial charge in [0.15, 0.2) is 0 Å². The van der Waals surface area contributed by atoms with Crippen molar-refractivity contribution >= 4 is 40.9 Å². The Bertz CT molecular complexity index is 506. The predicted molar refractivity (Wildman–Crippen MR) is 84.6 cm³/mol. The van der Waals surface area contributed by atoms with Crippen LogP contribution in [0.2, 0.25) is 10.0 Å². The van der Waals surface area contributed by atoms with Crippen LogP contribution in [0.4, 0.5) is 10.5 Å². The zero-order valence-corrected chi connectivity index (χ0v) is 13.5. The van der Waals surface area contributed by atoms with Crippen molar-refractivity contribution in [3.63, 3.8) is 0 Å². The quantitative estimate of drug-likeness (QED) is 0.813. The third-order valence-corrected chi connectivity index (χ3v) is 3.39. The van der Waals surface area contributed by atoms with Crippen LogP contribution < -0.4 is 5.32 Å². The SMILES string of the molecule is CCCN(CCC)C(=O)Nc1c(Cl)cc(C(=O)O)cc1Cl. The molecular weight excluding hydrogens is 315 g/mol. The largest absolute Gasteiger partial charge is 0.478 e. The zero-order valence-electron chi connectivity index (χ0n) is 11.9. The Kier molecular flexibility index (Phi) is 6.78. The lowest BCUT2D eigenvalue weighted by Crippen LogP contribution is -2.36. The van der Waals surface area contributed by atoms with Crippen LogP contribution in [0, 0.1) is 0 Å². The molecule has 0 saturated carbocycles. The van der Waals surface area contributed by atoms with Gasteiger partial charge in [0, 0.05) is 13.1 Å². The van der Waals surface area contributed by atoms with Crippen LogP contribution in [0.15, 0.2) is 12.1 Å². The molecule has 21 heavy (non-hydrogen) atoms. The molecule has 0 aliphatic carbocycles. The number of rotatable bonds is 6. The Balaban J connectivity index is 2.96. The molecule has 0 heterocycles. The standard InChI is InChI=1S/C14H18Cl2N2O3/c1-3-5-18(6-4-2)14(21)17-12-10(15)7-9(13(19)20)8-11(12)16/h7-8H,3-6H2,1-2H3,(H,17,21)(H,19,20). The number of carboxylic acids is 1. The Labute approximate surface area is 133 Å². The van der Waals surface area contributed by atoms with E-state index in [0.717, 1.165) is 12.8 Å². The van der Waals surface area contributed by atoms with Gasteiger partial charge in [-0.05, 0) is 25.0 Å². The lowest BCUT2D eigenvalue weighted by Gasteiger charge is -2.22. The van der Waals surface area contributed by atoms with E-state index in [9.17, 15) is 9.59 Å². The molecular formula is C14H18Cl2N2O3. The van der Waals surface area contributed by atoms with Gasteiger partial charge in [0.25, 0.3) is 0 Å². The van der Waals surface area contributed by atoms with Crippen molar-refractivity contribution in [3.05, 3.63) is 27.7 Å². The highest BCUT2D eigenvalue weighted by molar-refractivity contribution is 6.40. The maximum Gasteiger partial charge on any atom is 0.335 e. The number of urea groups is 1. The number of aromatic carboxylic acids is 1. The van der Waals surface area contributed by atoms with Crippen molar-refractivity contribution in [2.75, 3.05) is 18.4 Å². The molecule has 0 aliphatic heterocycles. The molecule has 0 aromatic heterocycles. The second-order valence-electron chi connectivity index (χ2n) is 4.54. The van der Waals surface area contributed by atoms with E-state index in [1.54, 1.807) is 4.90 Å². The highest BCUT2D eigenvalue weighted by Gasteiger charge is 2.17. The monoisotopic (exact) mass is 332 g/mol. The summed E-state index contributed by atoms with van der Waals surface area (Å²) < 4.78 is 0. The summed E-state index contributed by atoms with van der Waals surface area (Å²) in [4.78, 5) is 24.8. The number of carboxylic acid groups (broad SMARTS) is 1. The highest BCUT2D eigenvalue weighted by atomic mass is 35.5. The number of carbonyl (C=O) groups is 2. The van der Waals surface area contributed by atoms with Gasteiger partial charge in [-0.3, -0.25) is 0 Å². The third-order valence-electron chi connectivity index (χ3n) is 2.80. The molecule has 0 bridgehead atoms. The third kappa shape index (κ3) is 4.79. The van der Waals surface area contributed by atoms with Crippen LogP contribution in [0.25, 0.3) is 0 Å². The molecule has 0 atom stereocenters. The molecule has 0 fully saturated rings. The summed E-state index contributed by atoms with van der Waals surface area (Å²) in [5.41, 5.74) is 0.201. The van der Waals surface area contributed by atoms with E-state index >= 15 is 0 Å². The van der Waals surface area contributed by atoms with Crippen LogP contribution in [-0.2, 0) is 0 Å². The first kappa shape index (κ1) is 17.6.